The second-order valence-corrected chi connectivity index (χ2v) is 7.79. The van der Waals surface area contributed by atoms with Gasteiger partial charge in [0.2, 0.25) is 0 Å². The molecule has 0 heterocycles. The topological polar surface area (TPSA) is 50.7 Å². The van der Waals surface area contributed by atoms with Crippen LogP contribution in [0.4, 0.5) is 0 Å². The summed E-state index contributed by atoms with van der Waals surface area (Å²) in [5.74, 6) is 0.191. The first-order valence-corrected chi connectivity index (χ1v) is 9.49. The van der Waals surface area contributed by atoms with Gasteiger partial charge in [0, 0.05) is 9.50 Å². The Kier molecular flexibility index (Phi) is 7.28. The number of benzene rings is 2. The van der Waals surface area contributed by atoms with Gasteiger partial charge in [0.25, 0.3) is 5.91 Å². The zero-order valence-corrected chi connectivity index (χ0v) is 18.0. The summed E-state index contributed by atoms with van der Waals surface area (Å²) in [6.07, 6.45) is 0. The van der Waals surface area contributed by atoms with Crippen LogP contribution >= 0.6 is 59.4 Å². The highest BCUT2D eigenvalue weighted by Crippen LogP contribution is 2.36. The number of hydrazone groups is 1. The molecule has 0 aliphatic carbocycles. The van der Waals surface area contributed by atoms with Crippen LogP contribution in [0.15, 0.2) is 54.9 Å². The molecule has 0 aromatic heterocycles. The van der Waals surface area contributed by atoms with Gasteiger partial charge in [0.1, 0.15) is 5.75 Å². The van der Waals surface area contributed by atoms with Gasteiger partial charge in [-0.3, -0.25) is 4.79 Å². The van der Waals surface area contributed by atoms with Gasteiger partial charge in [0.15, 0.2) is 6.61 Å². The average molecular weight is 539 g/mol. The van der Waals surface area contributed by atoms with Crippen molar-refractivity contribution in [3.8, 4) is 5.75 Å². The van der Waals surface area contributed by atoms with Crippen LogP contribution in [0, 0.1) is 0 Å². The Morgan fingerprint density at radius 2 is 1.75 bits per heavy atom. The molecule has 0 fully saturated rings. The maximum atomic E-state index is 11.9. The maximum absolute atomic E-state index is 11.9. The van der Waals surface area contributed by atoms with Crippen molar-refractivity contribution in [1.82, 2.24) is 5.43 Å². The van der Waals surface area contributed by atoms with E-state index in [9.17, 15) is 4.79 Å². The van der Waals surface area contributed by atoms with Crippen LogP contribution in [0.1, 0.15) is 12.5 Å². The second-order valence-electron chi connectivity index (χ2n) is 4.73. The molecule has 24 heavy (non-hydrogen) atoms. The first-order valence-electron chi connectivity index (χ1n) is 6.73. The number of nitrogens with zero attached hydrogens (tertiary/aromatic N) is 1. The van der Waals surface area contributed by atoms with Crippen molar-refractivity contribution >= 4 is 71.0 Å². The number of hydrogen-bond donors (Lipinski definition) is 1. The highest BCUT2D eigenvalue weighted by Gasteiger charge is 2.10. The Morgan fingerprint density at radius 3 is 2.33 bits per heavy atom. The molecule has 0 bridgehead atoms. The van der Waals surface area contributed by atoms with Gasteiger partial charge in [-0.05, 0) is 68.6 Å². The number of ether oxygens (including phenoxy) is 1. The Bertz CT molecular complexity index is 756. The predicted octanol–water partition coefficient (Wildman–Crippen LogP) is 5.55. The van der Waals surface area contributed by atoms with Gasteiger partial charge < -0.3 is 4.74 Å². The van der Waals surface area contributed by atoms with Crippen LogP contribution < -0.4 is 10.2 Å². The lowest BCUT2D eigenvalue weighted by Crippen LogP contribution is -2.25. The second kappa shape index (κ2) is 8.99. The van der Waals surface area contributed by atoms with Gasteiger partial charge in [-0.25, -0.2) is 5.43 Å². The molecule has 0 saturated carbocycles. The third-order valence-corrected chi connectivity index (χ3v) is 4.81. The molecule has 1 amide bonds. The van der Waals surface area contributed by atoms with E-state index < -0.39 is 0 Å². The molecule has 0 saturated heterocycles. The van der Waals surface area contributed by atoms with Crippen LogP contribution in [0.2, 0.25) is 5.02 Å². The molecule has 4 nitrogen and oxygen atoms in total. The van der Waals surface area contributed by atoms with Crippen LogP contribution in [0.3, 0.4) is 0 Å². The molecular formula is C16H12Br3ClN2O2. The molecule has 2 rings (SSSR count). The van der Waals surface area contributed by atoms with Crippen LogP contribution in [0.5, 0.6) is 5.75 Å². The number of carbonyl (C=O) groups excluding carboxylic acids is 1. The van der Waals surface area contributed by atoms with Crippen molar-refractivity contribution in [3.63, 3.8) is 0 Å². The zero-order valence-electron chi connectivity index (χ0n) is 12.4. The normalized spacial score (nSPS) is 11.3. The fraction of sp³-hybridized carbons (Fsp3) is 0.125. The summed E-state index contributed by atoms with van der Waals surface area (Å²) >= 11 is 16.0. The Morgan fingerprint density at radius 1 is 1.17 bits per heavy atom. The van der Waals surface area contributed by atoms with Crippen molar-refractivity contribution < 1.29 is 9.53 Å². The fourth-order valence-corrected chi connectivity index (χ4v) is 4.35. The quantitative estimate of drug-likeness (QED) is 0.401. The molecule has 0 aliphatic rings. The summed E-state index contributed by atoms with van der Waals surface area (Å²) in [7, 11) is 0. The highest BCUT2D eigenvalue weighted by atomic mass is 79.9. The number of nitrogens with one attached hydrogen (secondary N) is 1. The molecule has 0 radical (unpaired) electrons. The smallest absolute Gasteiger partial charge is 0.277 e. The van der Waals surface area contributed by atoms with Crippen molar-refractivity contribution in [3.05, 3.63) is 60.4 Å². The molecular weight excluding hydrogens is 527 g/mol. The standard InChI is InChI=1S/C16H12Br3ClN2O2/c1-9(10-2-4-12(20)5-3-10)21-22-15(23)8-24-16-13(18)6-11(17)7-14(16)19/h2-7H,8H2,1H3,(H,22,23)/b21-9+. The molecule has 2 aromatic carbocycles. The van der Waals surface area contributed by atoms with Gasteiger partial charge in [-0.2, -0.15) is 5.10 Å². The molecule has 0 atom stereocenters. The molecule has 1 N–H and O–H groups in total. The average Bonchev–Trinajstić information content (AvgIpc) is 2.52. The third-order valence-electron chi connectivity index (χ3n) is 2.92. The van der Waals surface area contributed by atoms with Gasteiger partial charge in [-0.15, -0.1) is 0 Å². The lowest BCUT2D eigenvalue weighted by molar-refractivity contribution is -0.123. The third kappa shape index (κ3) is 5.58. The molecule has 0 aliphatic heterocycles. The van der Waals surface area contributed by atoms with Gasteiger partial charge in [0.05, 0.1) is 14.7 Å². The molecule has 8 heteroatoms. The van der Waals surface area contributed by atoms with E-state index in [1.54, 1.807) is 19.1 Å². The molecule has 2 aromatic rings. The maximum Gasteiger partial charge on any atom is 0.277 e. The number of amides is 1. The molecule has 0 unspecified atom stereocenters. The van der Waals surface area contributed by atoms with Crippen molar-refractivity contribution in [2.75, 3.05) is 6.61 Å². The van der Waals surface area contributed by atoms with Crippen LogP contribution in [-0.2, 0) is 4.79 Å². The number of halogens is 4. The van der Waals surface area contributed by atoms with E-state index in [4.69, 9.17) is 16.3 Å². The fourth-order valence-electron chi connectivity index (χ4n) is 1.74. The van der Waals surface area contributed by atoms with Crippen molar-refractivity contribution in [1.29, 1.82) is 0 Å². The lowest BCUT2D eigenvalue weighted by atomic mass is 10.1. The lowest BCUT2D eigenvalue weighted by Gasteiger charge is -2.10. The minimum atomic E-state index is -0.356. The summed E-state index contributed by atoms with van der Waals surface area (Å²) in [6.45, 7) is 1.64. The van der Waals surface area contributed by atoms with Crippen molar-refractivity contribution in [2.45, 2.75) is 6.92 Å². The van der Waals surface area contributed by atoms with E-state index in [2.05, 4.69) is 58.3 Å². The van der Waals surface area contributed by atoms with E-state index in [1.807, 2.05) is 24.3 Å². The summed E-state index contributed by atoms with van der Waals surface area (Å²) in [5.41, 5.74) is 4.01. The predicted molar refractivity (Wildman–Crippen MR) is 107 cm³/mol. The van der Waals surface area contributed by atoms with Crippen LogP contribution in [-0.4, -0.2) is 18.2 Å². The molecule has 0 spiro atoms. The Hall–Kier alpha value is -0.890. The number of hydrogen-bond acceptors (Lipinski definition) is 3. The minimum absolute atomic E-state index is 0.157. The number of carbonyl (C=O) groups is 1. The summed E-state index contributed by atoms with van der Waals surface area (Å²) in [6, 6.07) is 10.9. The first kappa shape index (κ1) is 19.4. The monoisotopic (exact) mass is 536 g/mol. The van der Waals surface area contributed by atoms with E-state index in [1.165, 1.54) is 0 Å². The van der Waals surface area contributed by atoms with E-state index in [0.717, 1.165) is 19.0 Å². The van der Waals surface area contributed by atoms with Crippen molar-refractivity contribution in [2.24, 2.45) is 5.10 Å². The van der Waals surface area contributed by atoms with Gasteiger partial charge >= 0.3 is 0 Å². The summed E-state index contributed by atoms with van der Waals surface area (Å²) in [4.78, 5) is 11.9. The Balaban J connectivity index is 1.94. The number of rotatable bonds is 5. The van der Waals surface area contributed by atoms with Crippen LogP contribution in [0.25, 0.3) is 0 Å². The largest absolute Gasteiger partial charge is 0.481 e. The SMILES string of the molecule is C/C(=N\NC(=O)COc1c(Br)cc(Br)cc1Br)c1ccc(Cl)cc1. The highest BCUT2D eigenvalue weighted by molar-refractivity contribution is 9.11. The summed E-state index contributed by atoms with van der Waals surface area (Å²) < 4.78 is 7.88. The minimum Gasteiger partial charge on any atom is -0.481 e. The van der Waals surface area contributed by atoms with E-state index in [-0.39, 0.29) is 12.5 Å². The molecule has 126 valence electrons. The van der Waals surface area contributed by atoms with E-state index >= 15 is 0 Å². The zero-order chi connectivity index (χ0) is 17.7. The first-order chi connectivity index (χ1) is 11.4. The Labute approximate surface area is 170 Å². The van der Waals surface area contributed by atoms with E-state index in [0.29, 0.717) is 16.5 Å². The van der Waals surface area contributed by atoms with Gasteiger partial charge in [-0.1, -0.05) is 39.7 Å². The summed E-state index contributed by atoms with van der Waals surface area (Å²) in [5, 5.41) is 4.71.